The molecule has 16 heavy (non-hydrogen) atoms. The first-order valence-corrected chi connectivity index (χ1v) is 6.27. The van der Waals surface area contributed by atoms with Crippen molar-refractivity contribution in [2.75, 3.05) is 13.1 Å². The highest BCUT2D eigenvalue weighted by molar-refractivity contribution is 5.14. The largest absolute Gasteiger partial charge is 0.330 e. The van der Waals surface area contributed by atoms with Crippen molar-refractivity contribution in [3.05, 3.63) is 35.9 Å². The molecule has 0 spiro atoms. The maximum absolute atomic E-state index is 5.63. The van der Waals surface area contributed by atoms with Crippen LogP contribution in [-0.4, -0.2) is 24.0 Å². The molecule has 1 aromatic rings. The minimum Gasteiger partial charge on any atom is -0.330 e. The maximum atomic E-state index is 5.63. The molecule has 0 bridgehead atoms. The molecular weight excluding hydrogens is 196 g/mol. The number of hydrogen-bond donors (Lipinski definition) is 1. The van der Waals surface area contributed by atoms with Gasteiger partial charge in [0.2, 0.25) is 0 Å². The summed E-state index contributed by atoms with van der Waals surface area (Å²) in [5, 5.41) is 0. The average Bonchev–Trinajstić information content (AvgIpc) is 2.61. The van der Waals surface area contributed by atoms with Gasteiger partial charge in [0.1, 0.15) is 0 Å². The van der Waals surface area contributed by atoms with Crippen LogP contribution in [0.5, 0.6) is 0 Å². The lowest BCUT2D eigenvalue weighted by Gasteiger charge is -2.20. The molecule has 2 N–H and O–H groups in total. The Labute approximate surface area is 98.4 Å². The number of benzene rings is 1. The topological polar surface area (TPSA) is 29.3 Å². The molecule has 2 atom stereocenters. The predicted octanol–water partition coefficient (Wildman–Crippen LogP) is 2.25. The molecule has 0 saturated carbocycles. The monoisotopic (exact) mass is 218 g/mol. The number of nitrogens with zero attached hydrogens (tertiary/aromatic N) is 1. The molecule has 1 heterocycles. The van der Waals surface area contributed by atoms with Crippen LogP contribution < -0.4 is 5.73 Å². The van der Waals surface area contributed by atoms with Gasteiger partial charge in [-0.25, -0.2) is 0 Å². The van der Waals surface area contributed by atoms with E-state index in [9.17, 15) is 0 Å². The van der Waals surface area contributed by atoms with Crippen LogP contribution in [-0.2, 0) is 6.54 Å². The van der Waals surface area contributed by atoms with E-state index >= 15 is 0 Å². The quantitative estimate of drug-likeness (QED) is 0.840. The van der Waals surface area contributed by atoms with Gasteiger partial charge in [0.15, 0.2) is 0 Å². The van der Waals surface area contributed by atoms with Crippen LogP contribution in [0.15, 0.2) is 30.3 Å². The Morgan fingerprint density at radius 1 is 1.31 bits per heavy atom. The zero-order valence-electron chi connectivity index (χ0n) is 10.1. The highest BCUT2D eigenvalue weighted by atomic mass is 15.2. The van der Waals surface area contributed by atoms with Gasteiger partial charge in [-0.3, -0.25) is 4.90 Å². The van der Waals surface area contributed by atoms with Gasteiger partial charge < -0.3 is 5.73 Å². The maximum Gasteiger partial charge on any atom is 0.0236 e. The van der Waals surface area contributed by atoms with Gasteiger partial charge in [0, 0.05) is 19.1 Å². The minimum atomic E-state index is 0.705. The summed E-state index contributed by atoms with van der Waals surface area (Å²) in [6.07, 6.45) is 2.49. The van der Waals surface area contributed by atoms with Crippen molar-refractivity contribution in [3.63, 3.8) is 0 Å². The van der Waals surface area contributed by atoms with E-state index < -0.39 is 0 Å². The highest BCUT2D eigenvalue weighted by Crippen LogP contribution is 2.26. The standard InChI is InChI=1S/C14H22N2/c1-12-9-14(7-8-15)11-16(12)10-13-5-3-2-4-6-13/h2-6,12,14H,7-11,15H2,1H3. The fourth-order valence-electron chi connectivity index (χ4n) is 2.70. The lowest BCUT2D eigenvalue weighted by atomic mass is 10.0. The zero-order chi connectivity index (χ0) is 11.4. The van der Waals surface area contributed by atoms with Gasteiger partial charge in [-0.1, -0.05) is 30.3 Å². The molecule has 0 amide bonds. The molecular formula is C14H22N2. The van der Waals surface area contributed by atoms with Gasteiger partial charge in [-0.05, 0) is 37.8 Å². The molecule has 1 saturated heterocycles. The van der Waals surface area contributed by atoms with Crippen LogP contribution >= 0.6 is 0 Å². The van der Waals surface area contributed by atoms with E-state index in [0.717, 1.165) is 19.0 Å². The molecule has 1 aliphatic heterocycles. The fraction of sp³-hybridized carbons (Fsp3) is 0.571. The highest BCUT2D eigenvalue weighted by Gasteiger charge is 2.27. The Bertz CT molecular complexity index is 310. The third kappa shape index (κ3) is 2.83. The Balaban J connectivity index is 1.91. The van der Waals surface area contributed by atoms with Crippen LogP contribution in [0, 0.1) is 5.92 Å². The van der Waals surface area contributed by atoms with Gasteiger partial charge in [0.25, 0.3) is 0 Å². The molecule has 2 unspecified atom stereocenters. The van der Waals surface area contributed by atoms with Crippen molar-refractivity contribution in [2.24, 2.45) is 11.7 Å². The zero-order valence-corrected chi connectivity index (χ0v) is 10.1. The second-order valence-electron chi connectivity index (χ2n) is 4.94. The SMILES string of the molecule is CC1CC(CCN)CN1Cc1ccccc1. The second-order valence-corrected chi connectivity index (χ2v) is 4.94. The normalized spacial score (nSPS) is 26.1. The van der Waals surface area contributed by atoms with Crippen molar-refractivity contribution < 1.29 is 0 Å². The molecule has 88 valence electrons. The third-order valence-corrected chi connectivity index (χ3v) is 3.59. The van der Waals surface area contributed by atoms with Crippen LogP contribution in [0.3, 0.4) is 0 Å². The van der Waals surface area contributed by atoms with Crippen LogP contribution in [0.4, 0.5) is 0 Å². The van der Waals surface area contributed by atoms with Gasteiger partial charge in [-0.2, -0.15) is 0 Å². The van der Waals surface area contributed by atoms with E-state index in [2.05, 4.69) is 42.2 Å². The number of nitrogens with two attached hydrogens (primary N) is 1. The summed E-state index contributed by atoms with van der Waals surface area (Å²) in [5.41, 5.74) is 7.05. The molecule has 1 fully saturated rings. The molecule has 1 aliphatic rings. The molecule has 0 aromatic heterocycles. The first-order valence-electron chi connectivity index (χ1n) is 6.27. The Kier molecular flexibility index (Phi) is 3.97. The summed E-state index contributed by atoms with van der Waals surface area (Å²) in [6, 6.07) is 11.4. The van der Waals surface area contributed by atoms with E-state index in [4.69, 9.17) is 5.73 Å². The molecule has 2 rings (SSSR count). The van der Waals surface area contributed by atoms with Crippen LogP contribution in [0.25, 0.3) is 0 Å². The lowest BCUT2D eigenvalue weighted by Crippen LogP contribution is -2.26. The van der Waals surface area contributed by atoms with Crippen molar-refractivity contribution in [2.45, 2.75) is 32.4 Å². The third-order valence-electron chi connectivity index (χ3n) is 3.59. The number of hydrogen-bond acceptors (Lipinski definition) is 2. The molecule has 0 radical (unpaired) electrons. The molecule has 0 aliphatic carbocycles. The summed E-state index contributed by atoms with van der Waals surface area (Å²) in [6.45, 7) is 5.46. The van der Waals surface area contributed by atoms with E-state index in [1.54, 1.807) is 0 Å². The lowest BCUT2D eigenvalue weighted by molar-refractivity contribution is 0.255. The summed E-state index contributed by atoms with van der Waals surface area (Å²) in [4.78, 5) is 2.58. The van der Waals surface area contributed by atoms with Crippen molar-refractivity contribution in [1.82, 2.24) is 4.90 Å². The van der Waals surface area contributed by atoms with Crippen molar-refractivity contribution in [1.29, 1.82) is 0 Å². The molecule has 1 aromatic carbocycles. The summed E-state index contributed by atoms with van der Waals surface area (Å²) >= 11 is 0. The van der Waals surface area contributed by atoms with Gasteiger partial charge in [-0.15, -0.1) is 0 Å². The Morgan fingerprint density at radius 3 is 2.75 bits per heavy atom. The van der Waals surface area contributed by atoms with Crippen LogP contribution in [0.2, 0.25) is 0 Å². The molecule has 2 heteroatoms. The van der Waals surface area contributed by atoms with Crippen LogP contribution in [0.1, 0.15) is 25.3 Å². The number of rotatable bonds is 4. The van der Waals surface area contributed by atoms with Gasteiger partial charge in [0.05, 0.1) is 0 Å². The summed E-state index contributed by atoms with van der Waals surface area (Å²) in [7, 11) is 0. The van der Waals surface area contributed by atoms with Gasteiger partial charge >= 0.3 is 0 Å². The molecule has 2 nitrogen and oxygen atoms in total. The predicted molar refractivity (Wildman–Crippen MR) is 68.1 cm³/mol. The minimum absolute atomic E-state index is 0.705. The van der Waals surface area contributed by atoms with E-state index in [1.165, 1.54) is 24.9 Å². The van der Waals surface area contributed by atoms with E-state index in [1.807, 2.05) is 0 Å². The van der Waals surface area contributed by atoms with E-state index in [0.29, 0.717) is 6.04 Å². The average molecular weight is 218 g/mol. The number of likely N-dealkylation sites (tertiary alicyclic amines) is 1. The summed E-state index contributed by atoms with van der Waals surface area (Å²) < 4.78 is 0. The van der Waals surface area contributed by atoms with Crippen molar-refractivity contribution in [3.8, 4) is 0 Å². The first-order chi connectivity index (χ1) is 7.79. The summed E-state index contributed by atoms with van der Waals surface area (Å²) in [5.74, 6) is 0.809. The first kappa shape index (κ1) is 11.6. The Morgan fingerprint density at radius 2 is 2.06 bits per heavy atom. The second kappa shape index (κ2) is 5.46. The Hall–Kier alpha value is -0.860. The smallest absolute Gasteiger partial charge is 0.0236 e. The fourth-order valence-corrected chi connectivity index (χ4v) is 2.70. The van der Waals surface area contributed by atoms with E-state index in [-0.39, 0.29) is 0 Å². The van der Waals surface area contributed by atoms with Crippen molar-refractivity contribution >= 4 is 0 Å².